The molecular formula is C24H22NO2P. The lowest BCUT2D eigenvalue weighted by molar-refractivity contribution is 0.624. The zero-order valence-electron chi connectivity index (χ0n) is 16.1. The Morgan fingerprint density at radius 1 is 0.643 bits per heavy atom. The number of hydrogen-bond acceptors (Lipinski definition) is 3. The van der Waals surface area contributed by atoms with Gasteiger partial charge in [-0.05, 0) is 33.7 Å². The van der Waals surface area contributed by atoms with Gasteiger partial charge in [0.2, 0.25) is 0 Å². The lowest BCUT2D eigenvalue weighted by atomic mass is 9.99. The number of benzene rings is 4. The van der Waals surface area contributed by atoms with Crippen LogP contribution in [0.5, 0.6) is 0 Å². The molecule has 4 heteroatoms. The van der Waals surface area contributed by atoms with Crippen molar-refractivity contribution in [2.45, 2.75) is 13.8 Å². The van der Waals surface area contributed by atoms with E-state index in [1.54, 1.807) is 0 Å². The largest absolute Gasteiger partial charge is 0.408 e. The molecule has 0 aliphatic heterocycles. The van der Waals surface area contributed by atoms with E-state index in [1.165, 1.54) is 21.5 Å². The Morgan fingerprint density at radius 3 is 1.57 bits per heavy atom. The van der Waals surface area contributed by atoms with Crippen LogP contribution in [0.2, 0.25) is 0 Å². The summed E-state index contributed by atoms with van der Waals surface area (Å²) in [6.07, 6.45) is 0. The number of nitrogens with zero attached hydrogens (tertiary/aromatic N) is 1. The molecular weight excluding hydrogens is 365 g/mol. The molecule has 1 aromatic heterocycles. The van der Waals surface area contributed by atoms with Crippen LogP contribution < -0.4 is 4.67 Å². The summed E-state index contributed by atoms with van der Waals surface area (Å²) in [5.41, 5.74) is 1.79. The van der Waals surface area contributed by atoms with Gasteiger partial charge in [-0.25, -0.2) is 4.67 Å². The Labute approximate surface area is 164 Å². The van der Waals surface area contributed by atoms with Crippen molar-refractivity contribution in [3.05, 3.63) is 72.8 Å². The Balaban J connectivity index is 2.10. The molecule has 0 saturated carbocycles. The summed E-state index contributed by atoms with van der Waals surface area (Å²) in [5, 5.41) is 7.05. The van der Waals surface area contributed by atoms with Crippen LogP contribution >= 0.6 is 8.16 Å². The molecule has 0 radical (unpaired) electrons. The van der Waals surface area contributed by atoms with E-state index in [0.717, 1.165) is 35.0 Å². The maximum atomic E-state index is 6.51. The summed E-state index contributed by atoms with van der Waals surface area (Å²) in [7, 11) is -1.21. The fraction of sp³-hybridized carbons (Fsp3) is 0.167. The molecule has 0 unspecified atom stereocenters. The Kier molecular flexibility index (Phi) is 4.35. The van der Waals surface area contributed by atoms with Crippen molar-refractivity contribution in [2.24, 2.45) is 0 Å². The van der Waals surface area contributed by atoms with Crippen molar-refractivity contribution in [3.63, 3.8) is 0 Å². The van der Waals surface area contributed by atoms with Crippen LogP contribution in [0.15, 0.2) is 81.2 Å². The molecule has 0 spiro atoms. The normalized spacial score (nSPS) is 11.8. The van der Waals surface area contributed by atoms with Crippen molar-refractivity contribution >= 4 is 51.6 Å². The molecule has 0 aliphatic rings. The lowest BCUT2D eigenvalue weighted by Gasteiger charge is -2.13. The highest BCUT2D eigenvalue weighted by molar-refractivity contribution is 7.38. The van der Waals surface area contributed by atoms with Gasteiger partial charge in [0.15, 0.2) is 0 Å². The highest BCUT2D eigenvalue weighted by Gasteiger charge is 2.15. The Bertz CT molecular complexity index is 1250. The van der Waals surface area contributed by atoms with Gasteiger partial charge in [0.25, 0.3) is 0 Å². The minimum Gasteiger partial charge on any atom is -0.408 e. The fourth-order valence-electron chi connectivity index (χ4n) is 3.93. The van der Waals surface area contributed by atoms with Gasteiger partial charge in [-0.2, -0.15) is 0 Å². The summed E-state index contributed by atoms with van der Waals surface area (Å²) in [4.78, 5) is 0. The van der Waals surface area contributed by atoms with Gasteiger partial charge in [0, 0.05) is 23.9 Å². The van der Waals surface area contributed by atoms with Crippen molar-refractivity contribution in [1.29, 1.82) is 0 Å². The van der Waals surface area contributed by atoms with Crippen molar-refractivity contribution in [1.82, 2.24) is 0 Å². The predicted molar refractivity (Wildman–Crippen MR) is 121 cm³/mol. The van der Waals surface area contributed by atoms with Crippen LogP contribution in [0.1, 0.15) is 13.8 Å². The second-order valence-corrected chi connectivity index (χ2v) is 8.29. The summed E-state index contributed by atoms with van der Waals surface area (Å²) in [6, 6.07) is 25.5. The first kappa shape index (κ1) is 17.4. The summed E-state index contributed by atoms with van der Waals surface area (Å²) in [5.74, 6) is 0. The molecule has 5 rings (SSSR count). The van der Waals surface area contributed by atoms with E-state index in [0.29, 0.717) is 0 Å². The van der Waals surface area contributed by atoms with Gasteiger partial charge in [-0.1, -0.05) is 74.5 Å². The van der Waals surface area contributed by atoms with E-state index in [-0.39, 0.29) is 0 Å². The molecule has 0 N–H and O–H groups in total. The van der Waals surface area contributed by atoms with Gasteiger partial charge < -0.3 is 8.39 Å². The van der Waals surface area contributed by atoms with E-state index in [9.17, 15) is 0 Å². The van der Waals surface area contributed by atoms with Gasteiger partial charge in [-0.3, -0.25) is 0 Å². The third kappa shape index (κ3) is 2.71. The van der Waals surface area contributed by atoms with Crippen molar-refractivity contribution in [3.8, 4) is 0 Å². The van der Waals surface area contributed by atoms with E-state index in [2.05, 4.69) is 91.3 Å². The fourth-order valence-corrected chi connectivity index (χ4v) is 5.30. The first-order chi connectivity index (χ1) is 13.8. The Hall–Kier alpha value is -2.74. The Morgan fingerprint density at radius 2 is 1.11 bits per heavy atom. The first-order valence-corrected chi connectivity index (χ1v) is 10.9. The third-order valence-corrected chi connectivity index (χ3v) is 7.08. The molecule has 5 aromatic rings. The van der Waals surface area contributed by atoms with E-state index >= 15 is 0 Å². The molecule has 0 amide bonds. The zero-order valence-corrected chi connectivity index (χ0v) is 16.9. The average molecular weight is 387 g/mol. The number of fused-ring (bicyclic) bond motifs is 7. The predicted octanol–water partition coefficient (Wildman–Crippen LogP) is 7.57. The molecule has 0 saturated heterocycles. The molecule has 0 atom stereocenters. The standard InChI is InChI=1S/C24H22NO2P/c1-3-25(4-2)28-26-21-15-13-17-9-5-7-11-19(17)23(21)24-20-12-8-6-10-18(20)14-16-22(24)27-28/h5-16H,3-4H2,1-2H3. The average Bonchev–Trinajstić information content (AvgIpc) is 2.91. The summed E-state index contributed by atoms with van der Waals surface area (Å²) in [6.45, 7) is 6.06. The van der Waals surface area contributed by atoms with E-state index < -0.39 is 8.16 Å². The third-order valence-electron chi connectivity index (χ3n) is 5.35. The number of hydrogen-bond donors (Lipinski definition) is 0. The highest BCUT2D eigenvalue weighted by Crippen LogP contribution is 2.41. The van der Waals surface area contributed by atoms with Gasteiger partial charge >= 0.3 is 8.16 Å². The molecule has 140 valence electrons. The van der Waals surface area contributed by atoms with Crippen LogP contribution in [0.4, 0.5) is 0 Å². The monoisotopic (exact) mass is 387 g/mol. The molecule has 1 heterocycles. The molecule has 0 aliphatic carbocycles. The van der Waals surface area contributed by atoms with Crippen LogP contribution in [0.3, 0.4) is 0 Å². The molecule has 0 fully saturated rings. The molecule has 0 bridgehead atoms. The van der Waals surface area contributed by atoms with Gasteiger partial charge in [0.1, 0.15) is 11.2 Å². The van der Waals surface area contributed by atoms with Gasteiger partial charge in [0.05, 0.1) is 0 Å². The second-order valence-electron chi connectivity index (χ2n) is 6.88. The van der Waals surface area contributed by atoms with E-state index in [1.807, 2.05) is 0 Å². The maximum absolute atomic E-state index is 6.51. The SMILES string of the molecule is CCN(CC)p1oc2ccc3ccccc3c2c2c(ccc3ccccc32)o1. The minimum atomic E-state index is -1.21. The van der Waals surface area contributed by atoms with Crippen molar-refractivity contribution < 1.29 is 8.39 Å². The van der Waals surface area contributed by atoms with Crippen LogP contribution in [-0.2, 0) is 0 Å². The lowest BCUT2D eigenvalue weighted by Crippen LogP contribution is -2.17. The van der Waals surface area contributed by atoms with E-state index in [4.69, 9.17) is 8.39 Å². The quantitative estimate of drug-likeness (QED) is 0.320. The second kappa shape index (κ2) is 7.01. The summed E-state index contributed by atoms with van der Waals surface area (Å²) < 4.78 is 15.3. The molecule has 28 heavy (non-hydrogen) atoms. The van der Waals surface area contributed by atoms with Crippen LogP contribution in [-0.4, -0.2) is 13.1 Å². The van der Waals surface area contributed by atoms with Crippen LogP contribution in [0.25, 0.3) is 43.5 Å². The first-order valence-electron chi connectivity index (χ1n) is 9.75. The van der Waals surface area contributed by atoms with Crippen molar-refractivity contribution in [2.75, 3.05) is 17.8 Å². The van der Waals surface area contributed by atoms with Crippen LogP contribution in [0, 0.1) is 0 Å². The van der Waals surface area contributed by atoms with Gasteiger partial charge in [-0.15, -0.1) is 0 Å². The topological polar surface area (TPSA) is 29.5 Å². The number of rotatable bonds is 3. The summed E-state index contributed by atoms with van der Waals surface area (Å²) >= 11 is 0. The smallest absolute Gasteiger partial charge is 0.309 e. The molecule has 3 nitrogen and oxygen atoms in total. The maximum Gasteiger partial charge on any atom is 0.309 e. The highest BCUT2D eigenvalue weighted by atomic mass is 31.1. The molecule has 4 aromatic carbocycles. The zero-order chi connectivity index (χ0) is 19.1. The minimum absolute atomic E-state index is 0.883.